The van der Waals surface area contributed by atoms with Gasteiger partial charge in [-0.2, -0.15) is 0 Å². The lowest BCUT2D eigenvalue weighted by molar-refractivity contribution is -0.125. The van der Waals surface area contributed by atoms with E-state index in [0.717, 1.165) is 16.8 Å². The number of anilines is 1. The fourth-order valence-electron chi connectivity index (χ4n) is 3.00. The monoisotopic (exact) mass is 259 g/mol. The number of rotatable bonds is 3. The van der Waals surface area contributed by atoms with Gasteiger partial charge >= 0.3 is 0 Å². The number of benzene rings is 1. The molecule has 2 aliphatic rings. The molecule has 100 valence electrons. The lowest BCUT2D eigenvalue weighted by Gasteiger charge is -2.41. The van der Waals surface area contributed by atoms with Gasteiger partial charge in [0, 0.05) is 24.6 Å². The number of carbonyl (C=O) groups excluding carboxylic acids is 2. The topological polar surface area (TPSA) is 46.6 Å². The van der Waals surface area contributed by atoms with Gasteiger partial charge in [-0.25, -0.2) is 0 Å². The van der Waals surface area contributed by atoms with Crippen LogP contribution in [0.15, 0.2) is 18.2 Å². The van der Waals surface area contributed by atoms with Gasteiger partial charge in [-0.15, -0.1) is 0 Å². The van der Waals surface area contributed by atoms with E-state index in [-0.39, 0.29) is 17.1 Å². The van der Waals surface area contributed by atoms with Gasteiger partial charge in [0.05, 0.1) is 19.6 Å². The molecule has 1 amide bonds. The van der Waals surface area contributed by atoms with E-state index in [2.05, 4.69) is 6.07 Å². The van der Waals surface area contributed by atoms with Crippen molar-refractivity contribution < 1.29 is 14.3 Å². The zero-order valence-electron chi connectivity index (χ0n) is 11.2. The summed E-state index contributed by atoms with van der Waals surface area (Å²) >= 11 is 0. The molecule has 0 spiro atoms. The number of ether oxygens (including phenoxy) is 1. The number of carbonyl (C=O) groups is 2. The minimum Gasteiger partial charge on any atom is -0.379 e. The molecule has 1 saturated heterocycles. The van der Waals surface area contributed by atoms with Crippen molar-refractivity contribution in [2.24, 2.45) is 0 Å². The molecule has 0 aromatic heterocycles. The molecule has 0 saturated carbocycles. The van der Waals surface area contributed by atoms with Gasteiger partial charge in [0.2, 0.25) is 5.91 Å². The number of hydrogen-bond acceptors (Lipinski definition) is 3. The summed E-state index contributed by atoms with van der Waals surface area (Å²) in [4.78, 5) is 24.8. The summed E-state index contributed by atoms with van der Waals surface area (Å²) in [7, 11) is 1.80. The fraction of sp³-hybridized carbons (Fsp3) is 0.467. The number of likely N-dealkylation sites (N-methyl/N-ethyl adjacent to an activating group) is 1. The molecule has 0 radical (unpaired) electrons. The molecular formula is C15H17NO3. The Balaban J connectivity index is 1.97. The molecule has 3 rings (SSSR count). The van der Waals surface area contributed by atoms with E-state index in [9.17, 15) is 9.59 Å². The first kappa shape index (κ1) is 12.4. The first-order chi connectivity index (χ1) is 9.02. The molecular weight excluding hydrogens is 242 g/mol. The van der Waals surface area contributed by atoms with Crippen LogP contribution in [0.5, 0.6) is 0 Å². The number of hydrogen-bond donors (Lipinski definition) is 0. The SMILES string of the molecule is CC(=O)CC1(c2ccc3c(c2)CC(=O)N3C)COC1. The Kier molecular flexibility index (Phi) is 2.71. The molecule has 1 aromatic carbocycles. The second kappa shape index (κ2) is 4.17. The summed E-state index contributed by atoms with van der Waals surface area (Å²) in [5.74, 6) is 0.301. The standard InChI is InChI=1S/C15H17NO3/c1-10(17)7-15(8-19-9-15)12-3-4-13-11(5-12)6-14(18)16(13)2/h3-5H,6-9H2,1-2H3. The van der Waals surface area contributed by atoms with Crippen molar-refractivity contribution >= 4 is 17.4 Å². The first-order valence-corrected chi connectivity index (χ1v) is 6.49. The van der Waals surface area contributed by atoms with Gasteiger partial charge in [-0.3, -0.25) is 9.59 Å². The molecule has 4 nitrogen and oxygen atoms in total. The first-order valence-electron chi connectivity index (χ1n) is 6.49. The Morgan fingerprint density at radius 2 is 2.16 bits per heavy atom. The van der Waals surface area contributed by atoms with Gasteiger partial charge in [-0.1, -0.05) is 12.1 Å². The second-order valence-electron chi connectivity index (χ2n) is 5.62. The Morgan fingerprint density at radius 1 is 1.42 bits per heavy atom. The number of fused-ring (bicyclic) bond motifs is 1. The smallest absolute Gasteiger partial charge is 0.231 e. The van der Waals surface area contributed by atoms with E-state index < -0.39 is 0 Å². The quantitative estimate of drug-likeness (QED) is 0.825. The number of Topliss-reactive ketones (excluding diaryl/α,β-unsaturated/α-hetero) is 1. The second-order valence-corrected chi connectivity index (χ2v) is 5.62. The predicted molar refractivity (Wildman–Crippen MR) is 71.4 cm³/mol. The molecule has 0 bridgehead atoms. The zero-order chi connectivity index (χ0) is 13.6. The highest BCUT2D eigenvalue weighted by Crippen LogP contribution is 2.39. The maximum absolute atomic E-state index is 11.7. The molecule has 1 aromatic rings. The van der Waals surface area contributed by atoms with Crippen LogP contribution in [-0.4, -0.2) is 32.0 Å². The Labute approximate surface area is 112 Å². The average molecular weight is 259 g/mol. The number of amides is 1. The summed E-state index contributed by atoms with van der Waals surface area (Å²) in [6.07, 6.45) is 0.965. The third-order valence-electron chi connectivity index (χ3n) is 4.11. The molecule has 0 N–H and O–H groups in total. The lowest BCUT2D eigenvalue weighted by Crippen LogP contribution is -2.48. The van der Waals surface area contributed by atoms with Crippen LogP contribution in [0.4, 0.5) is 5.69 Å². The highest BCUT2D eigenvalue weighted by molar-refractivity contribution is 6.01. The lowest BCUT2D eigenvalue weighted by atomic mass is 9.74. The van der Waals surface area contributed by atoms with Crippen molar-refractivity contribution in [3.8, 4) is 0 Å². The molecule has 0 unspecified atom stereocenters. The van der Waals surface area contributed by atoms with Crippen LogP contribution in [0.3, 0.4) is 0 Å². The number of ketones is 1. The minimum absolute atomic E-state index is 0.123. The van der Waals surface area contributed by atoms with E-state index in [1.165, 1.54) is 0 Å². The average Bonchev–Trinajstić information content (AvgIpc) is 2.59. The van der Waals surface area contributed by atoms with Crippen LogP contribution in [0.2, 0.25) is 0 Å². The van der Waals surface area contributed by atoms with Crippen LogP contribution in [0, 0.1) is 0 Å². The van der Waals surface area contributed by atoms with Gasteiger partial charge in [-0.05, 0) is 24.1 Å². The maximum atomic E-state index is 11.7. The largest absolute Gasteiger partial charge is 0.379 e. The summed E-state index contributed by atoms with van der Waals surface area (Å²) in [6, 6.07) is 6.08. The van der Waals surface area contributed by atoms with Crippen molar-refractivity contribution in [2.75, 3.05) is 25.2 Å². The summed E-state index contributed by atoms with van der Waals surface area (Å²) in [5, 5.41) is 0. The van der Waals surface area contributed by atoms with E-state index >= 15 is 0 Å². The predicted octanol–water partition coefficient (Wildman–Crippen LogP) is 1.45. The van der Waals surface area contributed by atoms with Crippen molar-refractivity contribution in [3.05, 3.63) is 29.3 Å². The molecule has 2 aliphatic heterocycles. The molecule has 19 heavy (non-hydrogen) atoms. The Morgan fingerprint density at radius 3 is 2.74 bits per heavy atom. The van der Waals surface area contributed by atoms with Crippen LogP contribution in [0.1, 0.15) is 24.5 Å². The highest BCUT2D eigenvalue weighted by atomic mass is 16.5. The third kappa shape index (κ3) is 1.87. The van der Waals surface area contributed by atoms with Gasteiger partial charge < -0.3 is 9.64 Å². The molecule has 0 aliphatic carbocycles. The van der Waals surface area contributed by atoms with E-state index in [4.69, 9.17) is 4.74 Å². The van der Waals surface area contributed by atoms with E-state index in [0.29, 0.717) is 26.1 Å². The third-order valence-corrected chi connectivity index (χ3v) is 4.11. The van der Waals surface area contributed by atoms with E-state index in [1.54, 1.807) is 18.9 Å². The molecule has 1 fully saturated rings. The van der Waals surface area contributed by atoms with Crippen molar-refractivity contribution in [1.82, 2.24) is 0 Å². The summed E-state index contributed by atoms with van der Waals surface area (Å²) < 4.78 is 5.33. The van der Waals surface area contributed by atoms with Crippen molar-refractivity contribution in [1.29, 1.82) is 0 Å². The zero-order valence-corrected chi connectivity index (χ0v) is 11.2. The molecule has 0 atom stereocenters. The van der Waals surface area contributed by atoms with Crippen molar-refractivity contribution in [2.45, 2.75) is 25.2 Å². The van der Waals surface area contributed by atoms with E-state index in [1.807, 2.05) is 12.1 Å². The summed E-state index contributed by atoms with van der Waals surface area (Å²) in [5.41, 5.74) is 2.98. The molecule has 4 heteroatoms. The normalized spacial score (nSPS) is 20.1. The molecule has 2 heterocycles. The van der Waals surface area contributed by atoms with Crippen LogP contribution in [-0.2, 0) is 26.2 Å². The minimum atomic E-state index is -0.176. The fourth-order valence-corrected chi connectivity index (χ4v) is 3.00. The number of nitrogens with zero attached hydrogens (tertiary/aromatic N) is 1. The van der Waals surface area contributed by atoms with Gasteiger partial charge in [0.15, 0.2) is 0 Å². The van der Waals surface area contributed by atoms with Gasteiger partial charge in [0.1, 0.15) is 5.78 Å². The Bertz CT molecular complexity index is 561. The van der Waals surface area contributed by atoms with Crippen LogP contribution < -0.4 is 4.90 Å². The van der Waals surface area contributed by atoms with Crippen LogP contribution in [0.25, 0.3) is 0 Å². The van der Waals surface area contributed by atoms with Gasteiger partial charge in [0.25, 0.3) is 0 Å². The highest BCUT2D eigenvalue weighted by Gasteiger charge is 2.42. The Hall–Kier alpha value is -1.68. The summed E-state index contributed by atoms with van der Waals surface area (Å²) in [6.45, 7) is 2.80. The maximum Gasteiger partial charge on any atom is 0.231 e. The van der Waals surface area contributed by atoms with Crippen LogP contribution >= 0.6 is 0 Å². The van der Waals surface area contributed by atoms with Crippen molar-refractivity contribution in [3.63, 3.8) is 0 Å².